The molecule has 0 amide bonds. The van der Waals surface area contributed by atoms with Crippen molar-refractivity contribution in [1.29, 1.82) is 0 Å². The van der Waals surface area contributed by atoms with Gasteiger partial charge in [0.25, 0.3) is 0 Å². The Morgan fingerprint density at radius 2 is 1.85 bits per heavy atom. The molecule has 1 aromatic heterocycles. The first-order valence-corrected chi connectivity index (χ1v) is 6.71. The molecule has 0 atom stereocenters. The van der Waals surface area contributed by atoms with Crippen molar-refractivity contribution in [2.24, 2.45) is 0 Å². The number of aryl methyl sites for hydroxylation is 1. The van der Waals surface area contributed by atoms with E-state index in [1.165, 1.54) is 0 Å². The maximum Gasteiger partial charge on any atom is 0.147 e. The van der Waals surface area contributed by atoms with Gasteiger partial charge in [-0.25, -0.2) is 4.98 Å². The number of benzene rings is 2. The summed E-state index contributed by atoms with van der Waals surface area (Å²) in [4.78, 5) is 4.63. The molecule has 3 aromatic rings. The number of fused-ring (bicyclic) bond motifs is 1. The number of imidazole rings is 1. The molecule has 0 fully saturated rings. The number of hydrogen-bond donors (Lipinski definition) is 1. The predicted molar refractivity (Wildman–Crippen MR) is 80.6 cm³/mol. The fourth-order valence-corrected chi connectivity index (χ4v) is 2.34. The van der Waals surface area contributed by atoms with Crippen LogP contribution in [0.2, 0.25) is 0 Å². The summed E-state index contributed by atoms with van der Waals surface area (Å²) in [6.07, 6.45) is 0. The Kier molecular flexibility index (Phi) is 3.29. The lowest BCUT2D eigenvalue weighted by atomic mass is 10.3. The van der Waals surface area contributed by atoms with Crippen LogP contribution in [0.4, 0.5) is 5.69 Å². The van der Waals surface area contributed by atoms with Crippen molar-refractivity contribution in [2.75, 3.05) is 5.73 Å². The molecule has 0 aliphatic carbocycles. The van der Waals surface area contributed by atoms with E-state index in [2.05, 4.69) is 22.5 Å². The Bertz CT molecular complexity index is 733. The maximum absolute atomic E-state index is 5.88. The lowest BCUT2D eigenvalue weighted by Crippen LogP contribution is -2.06. The molecule has 3 rings (SSSR count). The van der Waals surface area contributed by atoms with Crippen LogP contribution in [-0.2, 0) is 13.2 Å². The average molecular weight is 267 g/mol. The number of ether oxygens (including phenoxy) is 1. The summed E-state index contributed by atoms with van der Waals surface area (Å²) in [6, 6.07) is 15.6. The summed E-state index contributed by atoms with van der Waals surface area (Å²) in [7, 11) is 0. The first-order valence-electron chi connectivity index (χ1n) is 6.71. The van der Waals surface area contributed by atoms with Gasteiger partial charge in [0.2, 0.25) is 0 Å². The highest BCUT2D eigenvalue weighted by Crippen LogP contribution is 2.22. The van der Waals surface area contributed by atoms with Crippen LogP contribution in [-0.4, -0.2) is 9.55 Å². The van der Waals surface area contributed by atoms with Crippen LogP contribution in [0.5, 0.6) is 5.75 Å². The third kappa shape index (κ3) is 2.20. The van der Waals surface area contributed by atoms with Crippen molar-refractivity contribution >= 4 is 16.7 Å². The molecule has 0 aliphatic rings. The molecule has 2 aromatic carbocycles. The number of nitrogen functional groups attached to an aromatic ring is 1. The summed E-state index contributed by atoms with van der Waals surface area (Å²) in [5.74, 6) is 1.61. The second kappa shape index (κ2) is 5.25. The van der Waals surface area contributed by atoms with Gasteiger partial charge in [0.1, 0.15) is 18.2 Å². The third-order valence-electron chi connectivity index (χ3n) is 3.33. The number of para-hydroxylation sites is 4. The van der Waals surface area contributed by atoms with E-state index in [1.54, 1.807) is 0 Å². The molecule has 0 saturated heterocycles. The molecule has 0 saturated carbocycles. The van der Waals surface area contributed by atoms with Crippen LogP contribution in [0.1, 0.15) is 12.7 Å². The standard InChI is InChI=1S/C16H17N3O/c1-2-19-14-9-5-4-8-13(14)18-16(19)11-20-15-10-6-3-7-12(15)17/h3-10H,2,11,17H2,1H3. The second-order valence-corrected chi connectivity index (χ2v) is 4.59. The fourth-order valence-electron chi connectivity index (χ4n) is 2.34. The van der Waals surface area contributed by atoms with Crippen LogP contribution in [0.15, 0.2) is 48.5 Å². The Hall–Kier alpha value is -2.49. The second-order valence-electron chi connectivity index (χ2n) is 4.59. The number of aromatic nitrogens is 2. The zero-order valence-electron chi connectivity index (χ0n) is 11.4. The first kappa shape index (κ1) is 12.5. The van der Waals surface area contributed by atoms with Crippen LogP contribution >= 0.6 is 0 Å². The van der Waals surface area contributed by atoms with Crippen molar-refractivity contribution in [2.45, 2.75) is 20.1 Å². The highest BCUT2D eigenvalue weighted by Gasteiger charge is 2.10. The molecule has 0 unspecified atom stereocenters. The Balaban J connectivity index is 1.89. The van der Waals surface area contributed by atoms with Gasteiger partial charge in [-0.05, 0) is 31.2 Å². The van der Waals surface area contributed by atoms with Gasteiger partial charge in [0, 0.05) is 6.54 Å². The van der Waals surface area contributed by atoms with Gasteiger partial charge >= 0.3 is 0 Å². The van der Waals surface area contributed by atoms with E-state index in [0.29, 0.717) is 18.0 Å². The number of nitrogens with zero attached hydrogens (tertiary/aromatic N) is 2. The first-order chi connectivity index (χ1) is 9.79. The third-order valence-corrected chi connectivity index (χ3v) is 3.33. The summed E-state index contributed by atoms with van der Waals surface area (Å²) in [6.45, 7) is 3.38. The largest absolute Gasteiger partial charge is 0.484 e. The van der Waals surface area contributed by atoms with E-state index in [1.807, 2.05) is 42.5 Å². The lowest BCUT2D eigenvalue weighted by Gasteiger charge is -2.09. The van der Waals surface area contributed by atoms with E-state index in [9.17, 15) is 0 Å². The Morgan fingerprint density at radius 1 is 1.10 bits per heavy atom. The Labute approximate surface area is 117 Å². The Morgan fingerprint density at radius 3 is 2.65 bits per heavy atom. The minimum Gasteiger partial charge on any atom is -0.484 e. The predicted octanol–water partition coefficient (Wildman–Crippen LogP) is 3.22. The molecule has 1 heterocycles. The van der Waals surface area contributed by atoms with Gasteiger partial charge < -0.3 is 15.0 Å². The van der Waals surface area contributed by atoms with Gasteiger partial charge in [-0.2, -0.15) is 0 Å². The maximum atomic E-state index is 5.88. The van der Waals surface area contributed by atoms with E-state index in [4.69, 9.17) is 10.5 Å². The lowest BCUT2D eigenvalue weighted by molar-refractivity contribution is 0.292. The van der Waals surface area contributed by atoms with Crippen molar-refractivity contribution in [1.82, 2.24) is 9.55 Å². The summed E-state index contributed by atoms with van der Waals surface area (Å²) in [5.41, 5.74) is 8.65. The minimum absolute atomic E-state index is 0.413. The van der Waals surface area contributed by atoms with E-state index in [-0.39, 0.29) is 0 Å². The zero-order valence-corrected chi connectivity index (χ0v) is 11.4. The highest BCUT2D eigenvalue weighted by atomic mass is 16.5. The molecule has 102 valence electrons. The van der Waals surface area contributed by atoms with Crippen molar-refractivity contribution in [3.63, 3.8) is 0 Å². The monoisotopic (exact) mass is 267 g/mol. The van der Waals surface area contributed by atoms with Crippen LogP contribution in [0.3, 0.4) is 0 Å². The normalized spacial score (nSPS) is 10.8. The summed E-state index contributed by atoms with van der Waals surface area (Å²) in [5, 5.41) is 0. The number of rotatable bonds is 4. The topological polar surface area (TPSA) is 53.1 Å². The molecule has 0 aliphatic heterocycles. The van der Waals surface area contributed by atoms with Gasteiger partial charge in [-0.15, -0.1) is 0 Å². The number of hydrogen-bond acceptors (Lipinski definition) is 3. The smallest absolute Gasteiger partial charge is 0.147 e. The molecule has 0 spiro atoms. The minimum atomic E-state index is 0.413. The van der Waals surface area contributed by atoms with Gasteiger partial charge in [0.15, 0.2) is 0 Å². The van der Waals surface area contributed by atoms with Gasteiger partial charge in [-0.1, -0.05) is 24.3 Å². The van der Waals surface area contributed by atoms with Gasteiger partial charge in [-0.3, -0.25) is 0 Å². The quantitative estimate of drug-likeness (QED) is 0.738. The van der Waals surface area contributed by atoms with E-state index in [0.717, 1.165) is 23.4 Å². The van der Waals surface area contributed by atoms with E-state index >= 15 is 0 Å². The van der Waals surface area contributed by atoms with Crippen molar-refractivity contribution in [3.8, 4) is 5.75 Å². The molecular weight excluding hydrogens is 250 g/mol. The van der Waals surface area contributed by atoms with Crippen molar-refractivity contribution in [3.05, 3.63) is 54.4 Å². The molecule has 20 heavy (non-hydrogen) atoms. The van der Waals surface area contributed by atoms with Gasteiger partial charge in [0.05, 0.1) is 16.7 Å². The molecule has 0 radical (unpaired) electrons. The van der Waals surface area contributed by atoms with E-state index < -0.39 is 0 Å². The summed E-state index contributed by atoms with van der Waals surface area (Å²) < 4.78 is 7.95. The van der Waals surface area contributed by atoms with Crippen LogP contribution in [0.25, 0.3) is 11.0 Å². The van der Waals surface area contributed by atoms with Crippen LogP contribution in [0, 0.1) is 0 Å². The SMILES string of the molecule is CCn1c(COc2ccccc2N)nc2ccccc21. The highest BCUT2D eigenvalue weighted by molar-refractivity contribution is 5.75. The summed E-state index contributed by atoms with van der Waals surface area (Å²) >= 11 is 0. The number of nitrogens with two attached hydrogens (primary N) is 1. The van der Waals surface area contributed by atoms with Crippen LogP contribution < -0.4 is 10.5 Å². The molecule has 4 nitrogen and oxygen atoms in total. The van der Waals surface area contributed by atoms with Crippen molar-refractivity contribution < 1.29 is 4.74 Å². The molecule has 2 N–H and O–H groups in total. The fraction of sp³-hybridized carbons (Fsp3) is 0.188. The molecular formula is C16H17N3O. The molecule has 0 bridgehead atoms. The number of anilines is 1. The molecule has 4 heteroatoms. The average Bonchev–Trinajstić information content (AvgIpc) is 2.84. The zero-order chi connectivity index (χ0) is 13.9.